The summed E-state index contributed by atoms with van der Waals surface area (Å²) in [6, 6.07) is 1.96. The fourth-order valence-corrected chi connectivity index (χ4v) is 2.15. The van der Waals surface area contributed by atoms with Gasteiger partial charge >= 0.3 is 0 Å². The standard InChI is InChI=1S/C12H19N3O/c1-8-4-12(15-7-11(8)13)14-6-9-2-3-10(16)5-9/h4,7,9-10,16H,2-3,5-6,13H2,1H3,(H,14,15). The molecular weight excluding hydrogens is 202 g/mol. The van der Waals surface area contributed by atoms with Gasteiger partial charge in [0.05, 0.1) is 18.0 Å². The molecule has 1 aromatic heterocycles. The molecule has 4 nitrogen and oxygen atoms in total. The van der Waals surface area contributed by atoms with E-state index in [-0.39, 0.29) is 6.10 Å². The van der Waals surface area contributed by atoms with Crippen LogP contribution in [-0.2, 0) is 0 Å². The summed E-state index contributed by atoms with van der Waals surface area (Å²) in [5.41, 5.74) is 7.47. The number of rotatable bonds is 3. The second-order valence-electron chi connectivity index (χ2n) is 4.64. The van der Waals surface area contributed by atoms with Crippen LogP contribution in [0, 0.1) is 12.8 Å². The van der Waals surface area contributed by atoms with Gasteiger partial charge in [0.25, 0.3) is 0 Å². The van der Waals surface area contributed by atoms with Gasteiger partial charge in [-0.25, -0.2) is 4.98 Å². The predicted molar refractivity (Wildman–Crippen MR) is 65.2 cm³/mol. The minimum atomic E-state index is -0.104. The summed E-state index contributed by atoms with van der Waals surface area (Å²) in [6.07, 6.45) is 4.51. The van der Waals surface area contributed by atoms with Gasteiger partial charge in [-0.2, -0.15) is 0 Å². The number of nitrogens with one attached hydrogen (secondary N) is 1. The lowest BCUT2D eigenvalue weighted by Crippen LogP contribution is -2.13. The Balaban J connectivity index is 1.87. The molecule has 0 amide bonds. The smallest absolute Gasteiger partial charge is 0.126 e. The largest absolute Gasteiger partial charge is 0.397 e. The average Bonchev–Trinajstić information content (AvgIpc) is 2.66. The number of nitrogens with zero attached hydrogens (tertiary/aromatic N) is 1. The number of aliphatic hydroxyl groups is 1. The number of aliphatic hydroxyl groups excluding tert-OH is 1. The Hall–Kier alpha value is -1.29. The highest BCUT2D eigenvalue weighted by molar-refractivity contribution is 5.50. The Morgan fingerprint density at radius 3 is 3.00 bits per heavy atom. The van der Waals surface area contributed by atoms with Crippen LogP contribution in [0.1, 0.15) is 24.8 Å². The van der Waals surface area contributed by atoms with Crippen molar-refractivity contribution in [2.45, 2.75) is 32.3 Å². The summed E-state index contributed by atoms with van der Waals surface area (Å²) >= 11 is 0. The zero-order chi connectivity index (χ0) is 11.5. The maximum absolute atomic E-state index is 9.42. The van der Waals surface area contributed by atoms with Gasteiger partial charge in [0, 0.05) is 6.54 Å². The van der Waals surface area contributed by atoms with Crippen LogP contribution in [0.4, 0.5) is 11.5 Å². The highest BCUT2D eigenvalue weighted by atomic mass is 16.3. The van der Waals surface area contributed by atoms with E-state index in [2.05, 4.69) is 10.3 Å². The number of hydrogen-bond donors (Lipinski definition) is 3. The molecule has 1 heterocycles. The van der Waals surface area contributed by atoms with Crippen molar-refractivity contribution in [2.24, 2.45) is 5.92 Å². The first-order chi connectivity index (χ1) is 7.65. The van der Waals surface area contributed by atoms with Crippen molar-refractivity contribution in [3.63, 3.8) is 0 Å². The molecule has 2 atom stereocenters. The van der Waals surface area contributed by atoms with Gasteiger partial charge in [-0.15, -0.1) is 0 Å². The zero-order valence-electron chi connectivity index (χ0n) is 9.61. The Bertz CT molecular complexity index is 367. The number of nitrogens with two attached hydrogens (primary N) is 1. The zero-order valence-corrected chi connectivity index (χ0v) is 9.61. The van der Waals surface area contributed by atoms with Gasteiger partial charge in [-0.3, -0.25) is 0 Å². The van der Waals surface area contributed by atoms with Crippen LogP contribution in [0.3, 0.4) is 0 Å². The van der Waals surface area contributed by atoms with Crippen molar-refractivity contribution >= 4 is 11.5 Å². The first kappa shape index (κ1) is 11.2. The van der Waals surface area contributed by atoms with Crippen LogP contribution < -0.4 is 11.1 Å². The molecule has 0 aromatic carbocycles. The Morgan fingerprint density at radius 2 is 2.38 bits per heavy atom. The van der Waals surface area contributed by atoms with Gasteiger partial charge in [0.1, 0.15) is 5.82 Å². The van der Waals surface area contributed by atoms with Crippen molar-refractivity contribution in [1.29, 1.82) is 0 Å². The Labute approximate surface area is 95.9 Å². The number of hydrogen-bond acceptors (Lipinski definition) is 4. The molecule has 1 fully saturated rings. The molecule has 4 heteroatoms. The minimum Gasteiger partial charge on any atom is -0.397 e. The van der Waals surface area contributed by atoms with Crippen molar-refractivity contribution in [2.75, 3.05) is 17.6 Å². The molecule has 1 saturated carbocycles. The van der Waals surface area contributed by atoms with Crippen molar-refractivity contribution in [3.05, 3.63) is 17.8 Å². The molecular formula is C12H19N3O. The van der Waals surface area contributed by atoms with Crippen LogP contribution in [-0.4, -0.2) is 22.7 Å². The fraction of sp³-hybridized carbons (Fsp3) is 0.583. The second-order valence-corrected chi connectivity index (χ2v) is 4.64. The summed E-state index contributed by atoms with van der Waals surface area (Å²) in [4.78, 5) is 4.22. The highest BCUT2D eigenvalue weighted by Crippen LogP contribution is 2.25. The van der Waals surface area contributed by atoms with Gasteiger partial charge in [-0.1, -0.05) is 0 Å². The van der Waals surface area contributed by atoms with Crippen LogP contribution in [0.15, 0.2) is 12.3 Å². The molecule has 1 aromatic rings. The van der Waals surface area contributed by atoms with E-state index in [4.69, 9.17) is 5.73 Å². The van der Waals surface area contributed by atoms with E-state index in [9.17, 15) is 5.11 Å². The Kier molecular flexibility index (Phi) is 3.29. The maximum Gasteiger partial charge on any atom is 0.126 e. The lowest BCUT2D eigenvalue weighted by atomic mass is 10.1. The Morgan fingerprint density at radius 1 is 1.56 bits per heavy atom. The van der Waals surface area contributed by atoms with Crippen LogP contribution in [0.25, 0.3) is 0 Å². The van der Waals surface area contributed by atoms with E-state index >= 15 is 0 Å². The molecule has 1 aliphatic carbocycles. The van der Waals surface area contributed by atoms with E-state index in [1.807, 2.05) is 13.0 Å². The normalized spacial score (nSPS) is 24.6. The third-order valence-corrected chi connectivity index (χ3v) is 3.24. The number of aryl methyl sites for hydroxylation is 1. The molecule has 2 unspecified atom stereocenters. The maximum atomic E-state index is 9.42. The number of nitrogen functional groups attached to an aromatic ring is 1. The molecule has 0 aliphatic heterocycles. The fourth-order valence-electron chi connectivity index (χ4n) is 2.15. The molecule has 0 spiro atoms. The number of pyridine rings is 1. The van der Waals surface area contributed by atoms with E-state index in [0.29, 0.717) is 5.92 Å². The van der Waals surface area contributed by atoms with E-state index in [1.54, 1.807) is 6.20 Å². The summed E-state index contributed by atoms with van der Waals surface area (Å²) in [6.45, 7) is 2.86. The van der Waals surface area contributed by atoms with Crippen molar-refractivity contribution in [3.8, 4) is 0 Å². The number of anilines is 2. The summed E-state index contributed by atoms with van der Waals surface area (Å²) in [7, 11) is 0. The van der Waals surface area contributed by atoms with Gasteiger partial charge in [-0.05, 0) is 43.7 Å². The molecule has 88 valence electrons. The van der Waals surface area contributed by atoms with Crippen molar-refractivity contribution < 1.29 is 5.11 Å². The topological polar surface area (TPSA) is 71.2 Å². The number of aromatic nitrogens is 1. The summed E-state index contributed by atoms with van der Waals surface area (Å²) in [5.74, 6) is 1.43. The monoisotopic (exact) mass is 221 g/mol. The summed E-state index contributed by atoms with van der Waals surface area (Å²) in [5, 5.41) is 12.7. The van der Waals surface area contributed by atoms with Gasteiger partial charge in [0.2, 0.25) is 0 Å². The third kappa shape index (κ3) is 2.64. The molecule has 0 bridgehead atoms. The first-order valence-corrected chi connectivity index (χ1v) is 5.79. The van der Waals surface area contributed by atoms with E-state index in [1.165, 1.54) is 0 Å². The molecule has 1 aliphatic rings. The molecule has 4 N–H and O–H groups in total. The lowest BCUT2D eigenvalue weighted by Gasteiger charge is -2.12. The van der Waals surface area contributed by atoms with Gasteiger partial charge < -0.3 is 16.2 Å². The second kappa shape index (κ2) is 4.70. The predicted octanol–water partition coefficient (Wildman–Crippen LogP) is 1.55. The third-order valence-electron chi connectivity index (χ3n) is 3.24. The van der Waals surface area contributed by atoms with E-state index < -0.39 is 0 Å². The van der Waals surface area contributed by atoms with Crippen LogP contribution >= 0.6 is 0 Å². The van der Waals surface area contributed by atoms with E-state index in [0.717, 1.165) is 42.9 Å². The summed E-state index contributed by atoms with van der Waals surface area (Å²) < 4.78 is 0. The lowest BCUT2D eigenvalue weighted by molar-refractivity contribution is 0.178. The highest BCUT2D eigenvalue weighted by Gasteiger charge is 2.22. The van der Waals surface area contributed by atoms with Crippen LogP contribution in [0.5, 0.6) is 0 Å². The average molecular weight is 221 g/mol. The molecule has 2 rings (SSSR count). The van der Waals surface area contributed by atoms with Gasteiger partial charge in [0.15, 0.2) is 0 Å². The first-order valence-electron chi connectivity index (χ1n) is 5.79. The quantitative estimate of drug-likeness (QED) is 0.724. The minimum absolute atomic E-state index is 0.104. The molecule has 0 saturated heterocycles. The van der Waals surface area contributed by atoms with Crippen LogP contribution in [0.2, 0.25) is 0 Å². The van der Waals surface area contributed by atoms with Crippen molar-refractivity contribution in [1.82, 2.24) is 4.98 Å². The SMILES string of the molecule is Cc1cc(NCC2CCC(O)C2)ncc1N. The molecule has 16 heavy (non-hydrogen) atoms. The molecule has 0 radical (unpaired) electrons.